The van der Waals surface area contributed by atoms with Gasteiger partial charge >= 0.3 is 5.97 Å². The number of hydrogen-bond acceptors (Lipinski definition) is 3. The van der Waals surface area contributed by atoms with Crippen LogP contribution in [-0.2, 0) is 9.53 Å². The molecule has 0 unspecified atom stereocenters. The van der Waals surface area contributed by atoms with Crippen LogP contribution in [0.1, 0.15) is 155 Å². The number of aliphatic hydroxyl groups excluding tert-OH is 1. The van der Waals surface area contributed by atoms with E-state index in [1.54, 1.807) is 6.08 Å². The van der Waals surface area contributed by atoms with Crippen molar-refractivity contribution in [3.63, 3.8) is 0 Å². The molecule has 3 heteroatoms. The van der Waals surface area contributed by atoms with Gasteiger partial charge in [0.2, 0.25) is 0 Å². The third kappa shape index (κ3) is 27.2. The van der Waals surface area contributed by atoms with E-state index in [1.807, 2.05) is 13.8 Å². The van der Waals surface area contributed by atoms with Gasteiger partial charge in [0.25, 0.3) is 0 Å². The van der Waals surface area contributed by atoms with Gasteiger partial charge in [-0.2, -0.15) is 0 Å². The second kappa shape index (κ2) is 26.4. The van der Waals surface area contributed by atoms with Gasteiger partial charge in [-0.3, -0.25) is 0 Å². The molecule has 0 aromatic heterocycles. The van der Waals surface area contributed by atoms with Crippen molar-refractivity contribution < 1.29 is 14.6 Å². The molecule has 0 aliphatic rings. The second-order valence-electron chi connectivity index (χ2n) is 9.89. The summed E-state index contributed by atoms with van der Waals surface area (Å²) in [5.41, 5.74) is 0.995. The van der Waals surface area contributed by atoms with E-state index in [2.05, 4.69) is 0 Å². The van der Waals surface area contributed by atoms with Gasteiger partial charge in [0, 0.05) is 12.7 Å². The summed E-state index contributed by atoms with van der Waals surface area (Å²) in [5.74, 6) is -0.196. The van der Waals surface area contributed by atoms with Gasteiger partial charge in [0.05, 0.1) is 6.61 Å². The molecule has 0 aromatic carbocycles. The van der Waals surface area contributed by atoms with Crippen molar-refractivity contribution in [2.24, 2.45) is 0 Å². The molecule has 0 bridgehead atoms. The molecule has 0 aromatic rings. The molecule has 0 atom stereocenters. The zero-order chi connectivity index (χ0) is 23.5. The molecule has 0 heterocycles. The number of carbonyl (C=O) groups is 1. The predicted octanol–water partition coefficient (Wildman–Crippen LogP) is 9.07. The van der Waals surface area contributed by atoms with Gasteiger partial charge < -0.3 is 9.84 Å². The fourth-order valence-electron chi connectivity index (χ4n) is 4.20. The summed E-state index contributed by atoms with van der Waals surface area (Å²) in [5, 5.41) is 8.75. The van der Waals surface area contributed by atoms with Crippen molar-refractivity contribution in [3.8, 4) is 0 Å². The van der Waals surface area contributed by atoms with Crippen molar-refractivity contribution in [2.75, 3.05) is 13.2 Å². The van der Waals surface area contributed by atoms with E-state index in [4.69, 9.17) is 9.84 Å². The van der Waals surface area contributed by atoms with Crippen LogP contribution in [0.15, 0.2) is 11.6 Å². The van der Waals surface area contributed by atoms with E-state index in [1.165, 1.54) is 128 Å². The molecule has 190 valence electrons. The summed E-state index contributed by atoms with van der Waals surface area (Å²) in [7, 11) is 0. The molecule has 0 radical (unpaired) electrons. The van der Waals surface area contributed by atoms with Crippen molar-refractivity contribution in [3.05, 3.63) is 11.6 Å². The lowest BCUT2D eigenvalue weighted by atomic mass is 10.0. The lowest BCUT2D eigenvalue weighted by Gasteiger charge is -2.04. The van der Waals surface area contributed by atoms with Crippen LogP contribution < -0.4 is 0 Å². The number of carbonyl (C=O) groups excluding carboxylic acids is 1. The molecule has 0 saturated heterocycles. The third-order valence-corrected chi connectivity index (χ3v) is 6.20. The molecular weight excluding hydrogens is 396 g/mol. The van der Waals surface area contributed by atoms with Crippen LogP contribution in [0.4, 0.5) is 0 Å². The third-order valence-electron chi connectivity index (χ3n) is 6.20. The van der Waals surface area contributed by atoms with Crippen LogP contribution in [0.2, 0.25) is 0 Å². The van der Waals surface area contributed by atoms with Crippen molar-refractivity contribution in [1.82, 2.24) is 0 Å². The van der Waals surface area contributed by atoms with Crippen molar-refractivity contribution in [2.45, 2.75) is 155 Å². The van der Waals surface area contributed by atoms with Crippen LogP contribution in [0, 0.1) is 0 Å². The quantitative estimate of drug-likeness (QED) is 0.0853. The summed E-state index contributed by atoms with van der Waals surface area (Å²) in [6.45, 7) is 4.75. The Morgan fingerprint density at radius 2 is 0.812 bits per heavy atom. The number of rotatable bonds is 25. The monoisotopic (exact) mass is 452 g/mol. The number of allylic oxidation sites excluding steroid dienone is 1. The molecule has 1 N–H and O–H groups in total. The average Bonchev–Trinajstić information content (AvgIpc) is 2.76. The highest BCUT2D eigenvalue weighted by atomic mass is 16.5. The maximum absolute atomic E-state index is 11.4. The van der Waals surface area contributed by atoms with Gasteiger partial charge in [0.15, 0.2) is 0 Å². The zero-order valence-electron chi connectivity index (χ0n) is 21.8. The van der Waals surface area contributed by atoms with E-state index in [9.17, 15) is 4.79 Å². The summed E-state index contributed by atoms with van der Waals surface area (Å²) in [4.78, 5) is 11.4. The lowest BCUT2D eigenvalue weighted by Crippen LogP contribution is -2.02. The molecule has 0 saturated carbocycles. The molecule has 0 aliphatic carbocycles. The van der Waals surface area contributed by atoms with Crippen LogP contribution in [0.3, 0.4) is 0 Å². The zero-order valence-corrected chi connectivity index (χ0v) is 21.8. The number of ether oxygens (including phenoxy) is 1. The maximum atomic E-state index is 11.4. The second-order valence-corrected chi connectivity index (χ2v) is 9.89. The van der Waals surface area contributed by atoms with Gasteiger partial charge in [0.1, 0.15) is 0 Å². The Labute approximate surface area is 200 Å². The Balaban J connectivity index is 3.08. The fourth-order valence-corrected chi connectivity index (χ4v) is 4.20. The standard InChI is InChI=1S/C29H56O3/c1-28(2)27-29(31)32-26-24-22-20-18-16-14-12-10-8-6-4-3-5-7-9-11-13-15-17-19-21-23-25-30/h27,30H,3-26H2,1-2H3. The number of unbranched alkanes of at least 4 members (excludes halogenated alkanes) is 21. The summed E-state index contributed by atoms with van der Waals surface area (Å²) >= 11 is 0. The highest BCUT2D eigenvalue weighted by Crippen LogP contribution is 2.15. The molecule has 0 amide bonds. The van der Waals surface area contributed by atoms with Gasteiger partial charge in [-0.15, -0.1) is 0 Å². The average molecular weight is 453 g/mol. The minimum Gasteiger partial charge on any atom is -0.463 e. The van der Waals surface area contributed by atoms with E-state index < -0.39 is 0 Å². The van der Waals surface area contributed by atoms with Crippen LogP contribution in [-0.4, -0.2) is 24.3 Å². The predicted molar refractivity (Wildman–Crippen MR) is 139 cm³/mol. The maximum Gasteiger partial charge on any atom is 0.330 e. The Bertz CT molecular complexity index is 413. The largest absolute Gasteiger partial charge is 0.463 e. The van der Waals surface area contributed by atoms with Gasteiger partial charge in [-0.05, 0) is 26.7 Å². The van der Waals surface area contributed by atoms with E-state index in [0.29, 0.717) is 13.2 Å². The SMILES string of the molecule is CC(C)=CC(=O)OCCCCCCCCCCCCCCCCCCCCCCCCO. The highest BCUT2D eigenvalue weighted by Gasteiger charge is 1.98. The smallest absolute Gasteiger partial charge is 0.330 e. The van der Waals surface area contributed by atoms with Crippen molar-refractivity contribution in [1.29, 1.82) is 0 Å². The van der Waals surface area contributed by atoms with Crippen LogP contribution >= 0.6 is 0 Å². The fraction of sp³-hybridized carbons (Fsp3) is 0.897. The minimum absolute atomic E-state index is 0.196. The highest BCUT2D eigenvalue weighted by molar-refractivity contribution is 5.82. The topological polar surface area (TPSA) is 46.5 Å². The molecular formula is C29H56O3. The Morgan fingerprint density at radius 1 is 0.531 bits per heavy atom. The van der Waals surface area contributed by atoms with E-state index in [-0.39, 0.29) is 5.97 Å². The Hall–Kier alpha value is -0.830. The number of hydrogen-bond donors (Lipinski definition) is 1. The first-order valence-corrected chi connectivity index (χ1v) is 14.1. The van der Waals surface area contributed by atoms with E-state index >= 15 is 0 Å². The van der Waals surface area contributed by atoms with Crippen molar-refractivity contribution >= 4 is 5.97 Å². The Kier molecular flexibility index (Phi) is 25.7. The number of esters is 1. The van der Waals surface area contributed by atoms with Crippen LogP contribution in [0.25, 0.3) is 0 Å². The first-order valence-electron chi connectivity index (χ1n) is 14.1. The van der Waals surface area contributed by atoms with Gasteiger partial charge in [-0.1, -0.05) is 134 Å². The normalized spacial score (nSPS) is 11.0. The van der Waals surface area contributed by atoms with Gasteiger partial charge in [-0.25, -0.2) is 4.79 Å². The van der Waals surface area contributed by atoms with E-state index in [0.717, 1.165) is 18.4 Å². The Morgan fingerprint density at radius 3 is 1.09 bits per heavy atom. The molecule has 0 fully saturated rings. The number of aliphatic hydroxyl groups is 1. The lowest BCUT2D eigenvalue weighted by molar-refractivity contribution is -0.137. The first-order chi connectivity index (χ1) is 15.7. The summed E-state index contributed by atoms with van der Waals surface area (Å²) in [6, 6.07) is 0. The molecule has 0 rings (SSSR count). The van der Waals surface area contributed by atoms with Crippen LogP contribution in [0.5, 0.6) is 0 Å². The minimum atomic E-state index is -0.196. The molecule has 0 spiro atoms. The summed E-state index contributed by atoms with van der Waals surface area (Å²) < 4.78 is 5.18. The molecule has 32 heavy (non-hydrogen) atoms. The molecule has 3 nitrogen and oxygen atoms in total. The first kappa shape index (κ1) is 31.2. The molecule has 0 aliphatic heterocycles. The summed E-state index contributed by atoms with van der Waals surface area (Å²) in [6.07, 6.45) is 31.0.